The summed E-state index contributed by atoms with van der Waals surface area (Å²) in [4.78, 5) is 28.3. The molecule has 124 valence electrons. The first-order chi connectivity index (χ1) is 11.0. The molecule has 2 fully saturated rings. The van der Waals surface area contributed by atoms with Crippen molar-refractivity contribution >= 4 is 29.1 Å². The molecule has 4 nitrogen and oxygen atoms in total. The third-order valence-corrected chi connectivity index (χ3v) is 5.07. The van der Waals surface area contributed by atoms with E-state index in [2.05, 4.69) is 6.92 Å². The van der Waals surface area contributed by atoms with Crippen molar-refractivity contribution in [3.63, 3.8) is 0 Å². The molecule has 2 amide bonds. The van der Waals surface area contributed by atoms with E-state index in [1.807, 2.05) is 4.90 Å². The Hall–Kier alpha value is -1.62. The van der Waals surface area contributed by atoms with Crippen LogP contribution < -0.4 is 4.90 Å². The van der Waals surface area contributed by atoms with Gasteiger partial charge >= 0.3 is 0 Å². The molecule has 2 aliphatic rings. The number of hydrogen-bond donors (Lipinski definition) is 0. The number of carbonyl (C=O) groups is 2. The van der Waals surface area contributed by atoms with Crippen LogP contribution >= 0.6 is 11.6 Å². The second-order valence-corrected chi connectivity index (χ2v) is 6.92. The number of nitrogens with zero attached hydrogens (tertiary/aromatic N) is 2. The standard InChI is InChI=1S/C17H20ClFN2O2/c1-11-4-6-20(7-5-11)17(23)12-8-16(22)21(10-12)13-2-3-15(19)14(18)9-13/h2-3,9,11-12H,4-8,10H2,1H3. The monoisotopic (exact) mass is 338 g/mol. The minimum absolute atomic E-state index is 0.0184. The lowest BCUT2D eigenvalue weighted by molar-refractivity contribution is -0.137. The molecule has 0 N–H and O–H groups in total. The summed E-state index contributed by atoms with van der Waals surface area (Å²) in [6.07, 6.45) is 2.24. The second-order valence-electron chi connectivity index (χ2n) is 6.51. The number of halogens is 2. The van der Waals surface area contributed by atoms with E-state index in [1.165, 1.54) is 23.1 Å². The van der Waals surface area contributed by atoms with Crippen molar-refractivity contribution in [2.24, 2.45) is 11.8 Å². The Morgan fingerprint density at radius 2 is 2.00 bits per heavy atom. The van der Waals surface area contributed by atoms with Gasteiger partial charge in [-0.1, -0.05) is 18.5 Å². The van der Waals surface area contributed by atoms with Crippen molar-refractivity contribution in [1.29, 1.82) is 0 Å². The van der Waals surface area contributed by atoms with Crippen LogP contribution in [0.15, 0.2) is 18.2 Å². The fraction of sp³-hybridized carbons (Fsp3) is 0.529. The van der Waals surface area contributed by atoms with Crippen LogP contribution in [-0.4, -0.2) is 36.3 Å². The zero-order valence-electron chi connectivity index (χ0n) is 13.1. The van der Waals surface area contributed by atoms with Crippen molar-refractivity contribution < 1.29 is 14.0 Å². The van der Waals surface area contributed by atoms with Gasteiger partial charge in [0.1, 0.15) is 5.82 Å². The summed E-state index contributed by atoms with van der Waals surface area (Å²) in [6, 6.07) is 4.20. The number of piperidine rings is 1. The third kappa shape index (κ3) is 3.34. The number of likely N-dealkylation sites (tertiary alicyclic amines) is 1. The van der Waals surface area contributed by atoms with Gasteiger partial charge in [-0.25, -0.2) is 4.39 Å². The molecule has 1 unspecified atom stereocenters. The lowest BCUT2D eigenvalue weighted by Crippen LogP contribution is -2.42. The smallest absolute Gasteiger partial charge is 0.228 e. The molecule has 0 radical (unpaired) electrons. The van der Waals surface area contributed by atoms with Gasteiger partial charge in [-0.05, 0) is 37.0 Å². The fourth-order valence-electron chi connectivity index (χ4n) is 3.26. The highest BCUT2D eigenvalue weighted by Crippen LogP contribution is 2.30. The Morgan fingerprint density at radius 1 is 1.30 bits per heavy atom. The van der Waals surface area contributed by atoms with Gasteiger partial charge in [0.2, 0.25) is 11.8 Å². The maximum absolute atomic E-state index is 13.3. The van der Waals surface area contributed by atoms with Crippen LogP contribution in [0.1, 0.15) is 26.2 Å². The lowest BCUT2D eigenvalue weighted by atomic mass is 9.97. The van der Waals surface area contributed by atoms with Gasteiger partial charge in [0.15, 0.2) is 0 Å². The molecule has 1 aromatic carbocycles. The van der Waals surface area contributed by atoms with E-state index in [-0.39, 0.29) is 29.2 Å². The van der Waals surface area contributed by atoms with E-state index < -0.39 is 5.82 Å². The second kappa shape index (κ2) is 6.48. The molecular weight excluding hydrogens is 319 g/mol. The van der Waals surface area contributed by atoms with Crippen LogP contribution in [0.25, 0.3) is 0 Å². The Bertz CT molecular complexity index is 629. The molecule has 0 saturated carbocycles. The number of carbonyl (C=O) groups excluding carboxylic acids is 2. The molecule has 0 aromatic heterocycles. The normalized spacial score (nSPS) is 22.7. The molecule has 1 atom stereocenters. The molecule has 3 rings (SSSR count). The van der Waals surface area contributed by atoms with E-state index in [9.17, 15) is 14.0 Å². The summed E-state index contributed by atoms with van der Waals surface area (Å²) >= 11 is 5.79. The van der Waals surface area contributed by atoms with Crippen molar-refractivity contribution in [1.82, 2.24) is 4.90 Å². The summed E-state index contributed by atoms with van der Waals surface area (Å²) in [5, 5.41) is -0.0184. The lowest BCUT2D eigenvalue weighted by Gasteiger charge is -2.32. The van der Waals surface area contributed by atoms with E-state index in [0.29, 0.717) is 18.2 Å². The van der Waals surface area contributed by atoms with Gasteiger partial charge in [0.25, 0.3) is 0 Å². The van der Waals surface area contributed by atoms with Crippen molar-refractivity contribution in [3.05, 3.63) is 29.0 Å². The molecule has 0 aliphatic carbocycles. The molecule has 6 heteroatoms. The average Bonchev–Trinajstić information content (AvgIpc) is 2.92. The quantitative estimate of drug-likeness (QED) is 0.831. The van der Waals surface area contributed by atoms with Gasteiger partial charge in [-0.15, -0.1) is 0 Å². The van der Waals surface area contributed by atoms with Crippen LogP contribution in [0.5, 0.6) is 0 Å². The predicted octanol–water partition coefficient (Wildman–Crippen LogP) is 3.09. The van der Waals surface area contributed by atoms with Crippen LogP contribution in [0.2, 0.25) is 5.02 Å². The highest BCUT2D eigenvalue weighted by molar-refractivity contribution is 6.31. The van der Waals surface area contributed by atoms with Crippen LogP contribution in [0.4, 0.5) is 10.1 Å². The number of benzene rings is 1. The van der Waals surface area contributed by atoms with Gasteiger partial charge in [-0.3, -0.25) is 9.59 Å². The minimum atomic E-state index is -0.517. The zero-order chi connectivity index (χ0) is 16.6. The highest BCUT2D eigenvalue weighted by Gasteiger charge is 2.37. The average molecular weight is 339 g/mol. The number of anilines is 1. The third-order valence-electron chi connectivity index (χ3n) is 4.78. The van der Waals surface area contributed by atoms with Gasteiger partial charge < -0.3 is 9.80 Å². The predicted molar refractivity (Wildman–Crippen MR) is 86.8 cm³/mol. The summed E-state index contributed by atoms with van der Waals surface area (Å²) < 4.78 is 13.3. The topological polar surface area (TPSA) is 40.6 Å². The summed E-state index contributed by atoms with van der Waals surface area (Å²) in [6.45, 7) is 4.08. The summed E-state index contributed by atoms with van der Waals surface area (Å²) in [7, 11) is 0. The van der Waals surface area contributed by atoms with Crippen LogP contribution in [-0.2, 0) is 9.59 Å². The van der Waals surface area contributed by atoms with Gasteiger partial charge in [0.05, 0.1) is 10.9 Å². The number of amides is 2. The van der Waals surface area contributed by atoms with E-state index in [0.717, 1.165) is 25.9 Å². The molecule has 2 aliphatic heterocycles. The molecule has 23 heavy (non-hydrogen) atoms. The van der Waals surface area contributed by atoms with Gasteiger partial charge in [0, 0.05) is 31.7 Å². The minimum Gasteiger partial charge on any atom is -0.342 e. The van der Waals surface area contributed by atoms with Crippen LogP contribution in [0, 0.1) is 17.7 Å². The Kier molecular flexibility index (Phi) is 4.57. The Balaban J connectivity index is 1.69. The SMILES string of the molecule is CC1CCN(C(=O)C2CC(=O)N(c3ccc(F)c(Cl)c3)C2)CC1. The zero-order valence-corrected chi connectivity index (χ0v) is 13.9. The van der Waals surface area contributed by atoms with Crippen molar-refractivity contribution in [3.8, 4) is 0 Å². The van der Waals surface area contributed by atoms with E-state index >= 15 is 0 Å². The highest BCUT2D eigenvalue weighted by atomic mass is 35.5. The molecule has 0 bridgehead atoms. The first kappa shape index (κ1) is 16.2. The first-order valence-corrected chi connectivity index (χ1v) is 8.37. The summed E-state index contributed by atoms with van der Waals surface area (Å²) in [5.74, 6) is -0.240. The molecular formula is C17H20ClFN2O2. The van der Waals surface area contributed by atoms with Crippen LogP contribution in [0.3, 0.4) is 0 Å². The molecule has 0 spiro atoms. The summed E-state index contributed by atoms with van der Waals surface area (Å²) in [5.41, 5.74) is 0.545. The largest absolute Gasteiger partial charge is 0.342 e. The number of rotatable bonds is 2. The molecule has 2 heterocycles. The maximum Gasteiger partial charge on any atom is 0.228 e. The first-order valence-electron chi connectivity index (χ1n) is 8.00. The maximum atomic E-state index is 13.3. The van der Waals surface area contributed by atoms with E-state index in [4.69, 9.17) is 11.6 Å². The van der Waals surface area contributed by atoms with Gasteiger partial charge in [-0.2, -0.15) is 0 Å². The molecule has 1 aromatic rings. The fourth-order valence-corrected chi connectivity index (χ4v) is 3.44. The van der Waals surface area contributed by atoms with Crippen molar-refractivity contribution in [2.75, 3.05) is 24.5 Å². The Labute approximate surface area is 140 Å². The Morgan fingerprint density at radius 3 is 2.65 bits per heavy atom. The number of hydrogen-bond acceptors (Lipinski definition) is 2. The molecule has 2 saturated heterocycles. The van der Waals surface area contributed by atoms with Crippen molar-refractivity contribution in [2.45, 2.75) is 26.2 Å². The van der Waals surface area contributed by atoms with E-state index in [1.54, 1.807) is 0 Å².